The fourth-order valence-corrected chi connectivity index (χ4v) is 2.53. The highest BCUT2D eigenvalue weighted by atomic mass is 79.9. The largest absolute Gasteiger partial charge is 0.494 e. The van der Waals surface area contributed by atoms with Gasteiger partial charge in [-0.05, 0) is 31.2 Å². The van der Waals surface area contributed by atoms with E-state index in [1.165, 1.54) is 6.33 Å². The summed E-state index contributed by atoms with van der Waals surface area (Å²) in [7, 11) is 1.62. The van der Waals surface area contributed by atoms with Crippen LogP contribution in [0.3, 0.4) is 0 Å². The summed E-state index contributed by atoms with van der Waals surface area (Å²) in [5, 5.41) is 12.3. The zero-order valence-corrected chi connectivity index (χ0v) is 13.8. The predicted molar refractivity (Wildman–Crippen MR) is 87.9 cm³/mol. The first-order chi connectivity index (χ1) is 10.7. The normalized spacial score (nSPS) is 10.7. The van der Waals surface area contributed by atoms with E-state index < -0.39 is 0 Å². The van der Waals surface area contributed by atoms with Gasteiger partial charge in [-0.3, -0.25) is 0 Å². The van der Waals surface area contributed by atoms with Crippen LogP contribution in [-0.4, -0.2) is 27.3 Å². The molecule has 1 aromatic carbocycles. The number of benzene rings is 1. The summed E-state index contributed by atoms with van der Waals surface area (Å²) in [5.41, 5.74) is 2.50. The average molecular weight is 360 g/mol. The molecular formula is C15H14BrN5O. The number of nitrogens with zero attached hydrogens (tertiary/aromatic N) is 4. The Bertz CT molecular complexity index is 807. The van der Waals surface area contributed by atoms with Crippen LogP contribution < -0.4 is 10.1 Å². The first kappa shape index (κ1) is 14.6. The van der Waals surface area contributed by atoms with E-state index in [-0.39, 0.29) is 0 Å². The van der Waals surface area contributed by atoms with Gasteiger partial charge < -0.3 is 10.1 Å². The molecule has 112 valence electrons. The lowest BCUT2D eigenvalue weighted by Crippen LogP contribution is -2.05. The molecule has 0 bridgehead atoms. The minimum Gasteiger partial charge on any atom is -0.494 e. The van der Waals surface area contributed by atoms with Gasteiger partial charge in [-0.1, -0.05) is 15.9 Å². The zero-order valence-electron chi connectivity index (χ0n) is 12.2. The van der Waals surface area contributed by atoms with Gasteiger partial charge in [0, 0.05) is 9.86 Å². The van der Waals surface area contributed by atoms with Gasteiger partial charge in [0.1, 0.15) is 23.4 Å². The number of ether oxygens (including phenoxy) is 1. The van der Waals surface area contributed by atoms with E-state index in [9.17, 15) is 0 Å². The van der Waals surface area contributed by atoms with Crippen molar-refractivity contribution in [2.75, 3.05) is 12.4 Å². The third-order valence-electron chi connectivity index (χ3n) is 3.18. The van der Waals surface area contributed by atoms with Gasteiger partial charge in [0.25, 0.3) is 0 Å². The van der Waals surface area contributed by atoms with Crippen molar-refractivity contribution in [2.45, 2.75) is 13.5 Å². The van der Waals surface area contributed by atoms with Crippen LogP contribution in [-0.2, 0) is 6.54 Å². The summed E-state index contributed by atoms with van der Waals surface area (Å²) >= 11 is 3.48. The lowest BCUT2D eigenvalue weighted by atomic mass is 10.2. The van der Waals surface area contributed by atoms with E-state index in [4.69, 9.17) is 4.74 Å². The van der Waals surface area contributed by atoms with Crippen LogP contribution in [0.5, 0.6) is 5.75 Å². The first-order valence-electron chi connectivity index (χ1n) is 6.68. The van der Waals surface area contributed by atoms with Crippen LogP contribution in [0.25, 0.3) is 10.9 Å². The molecule has 0 saturated heterocycles. The molecule has 0 amide bonds. The van der Waals surface area contributed by atoms with Crippen LogP contribution >= 0.6 is 15.9 Å². The predicted octanol–water partition coefficient (Wildman–Crippen LogP) is 3.11. The molecule has 2 heterocycles. The Hall–Kier alpha value is -2.28. The highest BCUT2D eigenvalue weighted by Gasteiger charge is 2.10. The van der Waals surface area contributed by atoms with E-state index >= 15 is 0 Å². The Kier molecular flexibility index (Phi) is 4.15. The van der Waals surface area contributed by atoms with Crippen LogP contribution in [0.2, 0.25) is 0 Å². The Balaban J connectivity index is 1.93. The number of aryl methyl sites for hydroxylation is 1. The van der Waals surface area contributed by atoms with Crippen molar-refractivity contribution in [1.29, 1.82) is 0 Å². The molecule has 1 N–H and O–H groups in total. The SMILES string of the molecule is COc1cc(Br)cc2c(NCc3ccc(C)nn3)ncnc12. The van der Waals surface area contributed by atoms with Gasteiger partial charge in [-0.2, -0.15) is 10.2 Å². The third-order valence-corrected chi connectivity index (χ3v) is 3.64. The maximum Gasteiger partial charge on any atom is 0.146 e. The zero-order chi connectivity index (χ0) is 15.5. The van der Waals surface area contributed by atoms with Crippen molar-refractivity contribution in [2.24, 2.45) is 0 Å². The van der Waals surface area contributed by atoms with E-state index in [0.29, 0.717) is 12.3 Å². The molecule has 7 heteroatoms. The molecule has 22 heavy (non-hydrogen) atoms. The maximum absolute atomic E-state index is 5.37. The summed E-state index contributed by atoms with van der Waals surface area (Å²) in [6.07, 6.45) is 1.52. The van der Waals surface area contributed by atoms with Gasteiger partial charge in [0.15, 0.2) is 0 Å². The van der Waals surface area contributed by atoms with Gasteiger partial charge in [0.05, 0.1) is 25.0 Å². The number of aromatic nitrogens is 4. The van der Waals surface area contributed by atoms with Crippen molar-refractivity contribution < 1.29 is 4.74 Å². The Labute approximate surface area is 136 Å². The van der Waals surface area contributed by atoms with Crippen molar-refractivity contribution in [3.8, 4) is 5.75 Å². The van der Waals surface area contributed by atoms with E-state index in [0.717, 1.165) is 32.6 Å². The lowest BCUT2D eigenvalue weighted by Gasteiger charge is -2.10. The van der Waals surface area contributed by atoms with E-state index in [1.807, 2.05) is 31.2 Å². The molecule has 3 aromatic rings. The molecule has 0 unspecified atom stereocenters. The quantitative estimate of drug-likeness (QED) is 0.771. The molecule has 0 fully saturated rings. The highest BCUT2D eigenvalue weighted by Crippen LogP contribution is 2.31. The summed E-state index contributed by atoms with van der Waals surface area (Å²) < 4.78 is 6.28. The minimum atomic E-state index is 0.536. The molecule has 3 rings (SSSR count). The number of halogens is 1. The summed E-state index contributed by atoms with van der Waals surface area (Å²) in [5.74, 6) is 1.43. The summed E-state index contributed by atoms with van der Waals surface area (Å²) in [4.78, 5) is 8.60. The fraction of sp³-hybridized carbons (Fsp3) is 0.200. The average Bonchev–Trinajstić information content (AvgIpc) is 2.53. The lowest BCUT2D eigenvalue weighted by molar-refractivity contribution is 0.418. The molecule has 0 radical (unpaired) electrons. The van der Waals surface area contributed by atoms with Crippen molar-refractivity contribution >= 4 is 32.7 Å². The van der Waals surface area contributed by atoms with Gasteiger partial charge >= 0.3 is 0 Å². The molecule has 2 aromatic heterocycles. The summed E-state index contributed by atoms with van der Waals surface area (Å²) in [6, 6.07) is 7.71. The first-order valence-corrected chi connectivity index (χ1v) is 7.48. The fourth-order valence-electron chi connectivity index (χ4n) is 2.09. The second-order valence-electron chi connectivity index (χ2n) is 4.75. The number of fused-ring (bicyclic) bond motifs is 1. The molecule has 0 aliphatic rings. The van der Waals surface area contributed by atoms with Crippen LogP contribution in [0.1, 0.15) is 11.4 Å². The Morgan fingerprint density at radius 2 is 2.05 bits per heavy atom. The second kappa shape index (κ2) is 6.23. The molecule has 0 spiro atoms. The van der Waals surface area contributed by atoms with Crippen molar-refractivity contribution in [1.82, 2.24) is 20.2 Å². The second-order valence-corrected chi connectivity index (χ2v) is 5.66. The number of nitrogens with one attached hydrogen (secondary N) is 1. The maximum atomic E-state index is 5.37. The van der Waals surface area contributed by atoms with E-state index in [1.54, 1.807) is 7.11 Å². The monoisotopic (exact) mass is 359 g/mol. The number of anilines is 1. The van der Waals surface area contributed by atoms with Crippen LogP contribution in [0, 0.1) is 6.92 Å². The standard InChI is InChI=1S/C15H14BrN5O/c1-9-3-4-11(21-20-9)7-17-15-12-5-10(16)6-13(22-2)14(12)18-8-19-15/h3-6,8H,7H2,1-2H3,(H,17,18,19). The molecular weight excluding hydrogens is 346 g/mol. The molecule has 0 aliphatic heterocycles. The molecule has 0 saturated carbocycles. The molecule has 0 atom stereocenters. The van der Waals surface area contributed by atoms with Gasteiger partial charge in [-0.15, -0.1) is 0 Å². The molecule has 6 nitrogen and oxygen atoms in total. The highest BCUT2D eigenvalue weighted by molar-refractivity contribution is 9.10. The Morgan fingerprint density at radius 3 is 2.77 bits per heavy atom. The number of hydrogen-bond donors (Lipinski definition) is 1. The smallest absolute Gasteiger partial charge is 0.146 e. The Morgan fingerprint density at radius 1 is 1.18 bits per heavy atom. The third kappa shape index (κ3) is 2.99. The number of hydrogen-bond acceptors (Lipinski definition) is 6. The number of methoxy groups -OCH3 is 1. The van der Waals surface area contributed by atoms with Crippen molar-refractivity contribution in [3.05, 3.63) is 46.5 Å². The molecule has 0 aliphatic carbocycles. The van der Waals surface area contributed by atoms with E-state index in [2.05, 4.69) is 41.4 Å². The van der Waals surface area contributed by atoms with Crippen LogP contribution in [0.15, 0.2) is 35.1 Å². The van der Waals surface area contributed by atoms with Gasteiger partial charge in [0.2, 0.25) is 0 Å². The van der Waals surface area contributed by atoms with Crippen LogP contribution in [0.4, 0.5) is 5.82 Å². The number of rotatable bonds is 4. The summed E-state index contributed by atoms with van der Waals surface area (Å²) in [6.45, 7) is 2.44. The van der Waals surface area contributed by atoms with Crippen molar-refractivity contribution in [3.63, 3.8) is 0 Å². The van der Waals surface area contributed by atoms with Gasteiger partial charge in [-0.25, -0.2) is 9.97 Å². The topological polar surface area (TPSA) is 72.8 Å². The minimum absolute atomic E-state index is 0.536.